The average Bonchev–Trinajstić information content (AvgIpc) is 2.78. The molecule has 4 rings (SSSR count). The molecule has 0 radical (unpaired) electrons. The minimum absolute atomic E-state index is 0.0592. The number of aromatic nitrogens is 5. The van der Waals surface area contributed by atoms with Crippen LogP contribution < -0.4 is 11.2 Å². The third kappa shape index (κ3) is 4.34. The van der Waals surface area contributed by atoms with Gasteiger partial charge in [-0.1, -0.05) is 57.5 Å². The second-order valence-electron chi connectivity index (χ2n) is 8.63. The van der Waals surface area contributed by atoms with Gasteiger partial charge in [0.25, 0.3) is 5.56 Å². The van der Waals surface area contributed by atoms with Crippen molar-refractivity contribution in [1.82, 2.24) is 24.5 Å². The van der Waals surface area contributed by atoms with E-state index in [9.17, 15) is 22.8 Å². The summed E-state index contributed by atoms with van der Waals surface area (Å²) in [7, 11) is 0. The number of hydrogen-bond acceptors (Lipinski definition) is 5. The largest absolute Gasteiger partial charge is 0.417 e. The lowest BCUT2D eigenvalue weighted by Crippen LogP contribution is -2.32. The molecule has 1 aromatic carbocycles. The zero-order valence-electron chi connectivity index (χ0n) is 19.2. The number of aromatic amines is 1. The fraction of sp³-hybridized carbons (Fsp3) is 0.292. The number of alkyl halides is 3. The maximum absolute atomic E-state index is 13.7. The van der Waals surface area contributed by atoms with E-state index in [0.29, 0.717) is 17.1 Å². The van der Waals surface area contributed by atoms with Crippen LogP contribution in [0.3, 0.4) is 0 Å². The first-order chi connectivity index (χ1) is 16.4. The van der Waals surface area contributed by atoms with E-state index in [0.717, 1.165) is 10.6 Å². The summed E-state index contributed by atoms with van der Waals surface area (Å²) in [6.07, 6.45) is -3.28. The smallest absolute Gasteiger partial charge is 0.273 e. The van der Waals surface area contributed by atoms with Gasteiger partial charge in [-0.3, -0.25) is 9.78 Å². The van der Waals surface area contributed by atoms with Crippen molar-refractivity contribution in [3.63, 3.8) is 0 Å². The van der Waals surface area contributed by atoms with Crippen molar-refractivity contribution in [2.45, 2.75) is 45.7 Å². The molecule has 0 aliphatic rings. The van der Waals surface area contributed by atoms with Crippen molar-refractivity contribution in [2.75, 3.05) is 0 Å². The molecule has 0 saturated carbocycles. The van der Waals surface area contributed by atoms with E-state index in [4.69, 9.17) is 11.6 Å². The Morgan fingerprint density at radius 3 is 2.17 bits per heavy atom. The standard InChI is InChI=1S/C24H21ClF3N5O2/c1-11(2)17-20(18(12(3)4)30-10-29-17)33-21-14(22(34)32-23(33)35)9-16(25)19(31-21)13-7-5-6-8-15(13)24(26,27)28/h5-12H,1-4H3,(H,32,34,35). The predicted octanol–water partition coefficient (Wildman–Crippen LogP) is 5.45. The Hall–Kier alpha value is -3.53. The maximum atomic E-state index is 13.7. The molecule has 7 nitrogen and oxygen atoms in total. The van der Waals surface area contributed by atoms with Crippen molar-refractivity contribution in [1.29, 1.82) is 0 Å². The summed E-state index contributed by atoms with van der Waals surface area (Å²) in [6.45, 7) is 7.52. The van der Waals surface area contributed by atoms with Crippen molar-refractivity contribution in [3.8, 4) is 16.9 Å². The summed E-state index contributed by atoms with van der Waals surface area (Å²) in [4.78, 5) is 41.2. The molecule has 0 spiro atoms. The fourth-order valence-corrected chi connectivity index (χ4v) is 4.20. The number of halogens is 4. The van der Waals surface area contributed by atoms with Gasteiger partial charge in [0, 0.05) is 5.56 Å². The number of fused-ring (bicyclic) bond motifs is 1. The summed E-state index contributed by atoms with van der Waals surface area (Å²) >= 11 is 6.34. The van der Waals surface area contributed by atoms with Gasteiger partial charge in [0.2, 0.25) is 0 Å². The van der Waals surface area contributed by atoms with Crippen LogP contribution in [-0.4, -0.2) is 24.5 Å². The van der Waals surface area contributed by atoms with E-state index in [-0.39, 0.29) is 39.1 Å². The van der Waals surface area contributed by atoms with Gasteiger partial charge in [-0.2, -0.15) is 13.2 Å². The Labute approximate surface area is 202 Å². The van der Waals surface area contributed by atoms with Crippen LogP contribution in [0.4, 0.5) is 13.2 Å². The summed E-state index contributed by atoms with van der Waals surface area (Å²) < 4.78 is 42.4. The summed E-state index contributed by atoms with van der Waals surface area (Å²) in [6, 6.07) is 6.06. The molecule has 0 bridgehead atoms. The van der Waals surface area contributed by atoms with Crippen LogP contribution in [-0.2, 0) is 6.18 Å². The minimum Gasteiger partial charge on any atom is -0.273 e. The van der Waals surface area contributed by atoms with Gasteiger partial charge in [0.05, 0.1) is 38.7 Å². The molecular formula is C24H21ClF3N5O2. The van der Waals surface area contributed by atoms with Crippen LogP contribution in [0.15, 0.2) is 46.2 Å². The molecule has 0 unspecified atom stereocenters. The third-order valence-corrected chi connectivity index (χ3v) is 5.81. The van der Waals surface area contributed by atoms with Crippen LogP contribution in [0.25, 0.3) is 28.0 Å². The van der Waals surface area contributed by atoms with E-state index in [1.54, 1.807) is 0 Å². The molecule has 0 atom stereocenters. The summed E-state index contributed by atoms with van der Waals surface area (Å²) in [5.74, 6) is -0.283. The van der Waals surface area contributed by atoms with E-state index in [1.807, 2.05) is 27.7 Å². The van der Waals surface area contributed by atoms with E-state index < -0.39 is 23.0 Å². The number of rotatable bonds is 4. The van der Waals surface area contributed by atoms with Crippen molar-refractivity contribution in [3.05, 3.63) is 79.5 Å². The molecule has 3 heterocycles. The van der Waals surface area contributed by atoms with Gasteiger partial charge in [-0.05, 0) is 24.0 Å². The molecule has 0 amide bonds. The molecular weight excluding hydrogens is 483 g/mol. The molecule has 11 heteroatoms. The lowest BCUT2D eigenvalue weighted by Gasteiger charge is -2.20. The van der Waals surface area contributed by atoms with Crippen LogP contribution in [0.1, 0.15) is 56.5 Å². The van der Waals surface area contributed by atoms with E-state index in [2.05, 4.69) is 19.9 Å². The highest BCUT2D eigenvalue weighted by Gasteiger charge is 2.34. The SMILES string of the molecule is CC(C)c1ncnc(C(C)C)c1-n1c(=O)[nH]c(=O)c2cc(Cl)c(-c3ccccc3C(F)(F)F)nc21. The first-order valence-electron chi connectivity index (χ1n) is 10.8. The zero-order valence-corrected chi connectivity index (χ0v) is 20.0. The van der Waals surface area contributed by atoms with Crippen LogP contribution >= 0.6 is 11.6 Å². The Kier molecular flexibility index (Phi) is 6.27. The molecule has 0 aliphatic carbocycles. The predicted molar refractivity (Wildman–Crippen MR) is 127 cm³/mol. The molecule has 0 aliphatic heterocycles. The second kappa shape index (κ2) is 8.92. The number of nitrogens with zero attached hydrogens (tertiary/aromatic N) is 4. The third-order valence-electron chi connectivity index (χ3n) is 5.52. The Morgan fingerprint density at radius 2 is 1.60 bits per heavy atom. The Bertz CT molecular complexity index is 1530. The molecule has 3 aromatic heterocycles. The number of benzene rings is 1. The lowest BCUT2D eigenvalue weighted by molar-refractivity contribution is -0.137. The van der Waals surface area contributed by atoms with Gasteiger partial charge in [0.1, 0.15) is 6.33 Å². The average molecular weight is 504 g/mol. The first-order valence-corrected chi connectivity index (χ1v) is 11.2. The quantitative estimate of drug-likeness (QED) is 0.399. The summed E-state index contributed by atoms with van der Waals surface area (Å²) in [5.41, 5.74) is -1.78. The highest BCUT2D eigenvalue weighted by atomic mass is 35.5. The molecule has 182 valence electrons. The first kappa shape index (κ1) is 24.6. The number of pyridine rings is 1. The van der Waals surface area contributed by atoms with Crippen LogP contribution in [0.5, 0.6) is 0 Å². The van der Waals surface area contributed by atoms with E-state index >= 15 is 0 Å². The van der Waals surface area contributed by atoms with Gasteiger partial charge in [-0.25, -0.2) is 24.3 Å². The highest BCUT2D eigenvalue weighted by molar-refractivity contribution is 6.33. The Morgan fingerprint density at radius 1 is 1.00 bits per heavy atom. The normalized spacial score (nSPS) is 12.2. The van der Waals surface area contributed by atoms with Crippen molar-refractivity contribution in [2.24, 2.45) is 0 Å². The summed E-state index contributed by atoms with van der Waals surface area (Å²) in [5, 5.41) is -0.224. The Balaban J connectivity index is 2.19. The van der Waals surface area contributed by atoms with Gasteiger partial charge in [0.15, 0.2) is 5.65 Å². The zero-order chi connectivity index (χ0) is 25.7. The lowest BCUT2D eigenvalue weighted by atomic mass is 10.0. The van der Waals surface area contributed by atoms with E-state index in [1.165, 1.54) is 30.6 Å². The number of hydrogen-bond donors (Lipinski definition) is 1. The molecule has 1 N–H and O–H groups in total. The number of nitrogens with one attached hydrogen (secondary N) is 1. The molecule has 35 heavy (non-hydrogen) atoms. The van der Waals surface area contributed by atoms with Gasteiger partial charge in [-0.15, -0.1) is 0 Å². The van der Waals surface area contributed by atoms with Crippen LogP contribution in [0, 0.1) is 0 Å². The molecule has 4 aromatic rings. The minimum atomic E-state index is -4.67. The highest BCUT2D eigenvalue weighted by Crippen LogP contribution is 2.39. The van der Waals surface area contributed by atoms with Crippen LogP contribution in [0.2, 0.25) is 5.02 Å². The molecule has 0 saturated heterocycles. The second-order valence-corrected chi connectivity index (χ2v) is 9.04. The topological polar surface area (TPSA) is 93.5 Å². The fourth-order valence-electron chi connectivity index (χ4n) is 3.95. The van der Waals surface area contributed by atoms with Crippen molar-refractivity contribution >= 4 is 22.6 Å². The monoisotopic (exact) mass is 503 g/mol. The van der Waals surface area contributed by atoms with Crippen molar-refractivity contribution < 1.29 is 13.2 Å². The van der Waals surface area contributed by atoms with Gasteiger partial charge < -0.3 is 0 Å². The maximum Gasteiger partial charge on any atom is 0.417 e. The number of H-pyrrole nitrogens is 1. The molecule has 0 fully saturated rings. The van der Waals surface area contributed by atoms with Gasteiger partial charge >= 0.3 is 11.9 Å².